The molecule has 0 aliphatic carbocycles. The maximum atomic E-state index is 6.13. The molecule has 0 spiro atoms. The van der Waals surface area contributed by atoms with Crippen molar-refractivity contribution in [3.05, 3.63) is 229 Å². The molecule has 0 unspecified atom stereocenters. The predicted octanol–water partition coefficient (Wildman–Crippen LogP) is 16.1. The van der Waals surface area contributed by atoms with Crippen molar-refractivity contribution in [1.82, 2.24) is 19.9 Å². The first-order chi connectivity index (χ1) is 50.1. The largest absolute Gasteiger partial charge is 0.497 e. The predicted molar refractivity (Wildman–Crippen MR) is 398 cm³/mol. The molecular weight excluding hydrogens is 1290 g/mol. The van der Waals surface area contributed by atoms with E-state index < -0.39 is 0 Å². The lowest BCUT2D eigenvalue weighted by atomic mass is 10.0. The molecule has 0 saturated heterocycles. The van der Waals surface area contributed by atoms with Gasteiger partial charge in [-0.15, -0.1) is 0 Å². The number of aryl methyl sites for hydroxylation is 4. The Morgan fingerprint density at radius 2 is 0.549 bits per heavy atom. The molecule has 10 rings (SSSR count). The van der Waals surface area contributed by atoms with E-state index in [1.807, 2.05) is 111 Å². The number of hydrogen-bond acceptors (Lipinski definition) is 18. The van der Waals surface area contributed by atoms with Crippen molar-refractivity contribution in [1.29, 1.82) is 0 Å². The van der Waals surface area contributed by atoms with Crippen LogP contribution in [0, 0.1) is 13.8 Å². The van der Waals surface area contributed by atoms with Crippen molar-refractivity contribution in [2.75, 3.05) is 134 Å². The third-order valence-electron chi connectivity index (χ3n) is 16.3. The van der Waals surface area contributed by atoms with Gasteiger partial charge in [-0.25, -0.2) is 0 Å². The van der Waals surface area contributed by atoms with Crippen LogP contribution in [0.4, 0.5) is 0 Å². The molecule has 0 aliphatic heterocycles. The Hall–Kier alpha value is -10.2. The normalized spacial score (nSPS) is 11.1. The number of pyridine rings is 4. The number of rotatable bonds is 44. The fourth-order valence-corrected chi connectivity index (χ4v) is 11.1. The number of para-hydroxylation sites is 4. The van der Waals surface area contributed by atoms with Gasteiger partial charge in [0.2, 0.25) is 0 Å². The summed E-state index contributed by atoms with van der Waals surface area (Å²) in [5.74, 6) is 5.61. The minimum atomic E-state index is 0.225. The van der Waals surface area contributed by atoms with Crippen molar-refractivity contribution in [3.8, 4) is 113 Å². The first kappa shape index (κ1) is 74.5. The first-order valence-corrected chi connectivity index (χ1v) is 34.5. The third-order valence-corrected chi connectivity index (χ3v) is 16.3. The van der Waals surface area contributed by atoms with Crippen molar-refractivity contribution < 1.29 is 66.3 Å². The lowest BCUT2D eigenvalue weighted by Crippen LogP contribution is -2.14. The molecule has 0 N–H and O–H groups in total. The van der Waals surface area contributed by atoms with Gasteiger partial charge in [0.1, 0.15) is 49.4 Å². The van der Waals surface area contributed by atoms with Gasteiger partial charge < -0.3 is 66.3 Å². The second kappa shape index (κ2) is 40.3. The molecule has 4 aromatic heterocycles. The summed E-state index contributed by atoms with van der Waals surface area (Å²) in [5.41, 5.74) is 16.2. The Balaban J connectivity index is 0.556. The third kappa shape index (κ3) is 23.5. The number of ether oxygens (including phenoxy) is 14. The first-order valence-electron chi connectivity index (χ1n) is 34.5. The molecule has 102 heavy (non-hydrogen) atoms. The van der Waals surface area contributed by atoms with Crippen molar-refractivity contribution in [2.45, 2.75) is 39.5 Å². The molecule has 0 amide bonds. The van der Waals surface area contributed by atoms with Gasteiger partial charge in [-0.2, -0.15) is 0 Å². The van der Waals surface area contributed by atoms with Gasteiger partial charge in [0.05, 0.1) is 117 Å². The zero-order chi connectivity index (χ0) is 70.9. The fourth-order valence-electron chi connectivity index (χ4n) is 11.1. The molecule has 18 nitrogen and oxygen atoms in total. The van der Waals surface area contributed by atoms with E-state index in [2.05, 4.69) is 104 Å². The fraction of sp³-hybridized carbons (Fsp3) is 0.310. The van der Waals surface area contributed by atoms with E-state index in [-0.39, 0.29) is 13.2 Å². The van der Waals surface area contributed by atoms with E-state index in [9.17, 15) is 0 Å². The van der Waals surface area contributed by atoms with E-state index in [0.29, 0.717) is 115 Å². The van der Waals surface area contributed by atoms with Crippen LogP contribution in [-0.4, -0.2) is 154 Å². The van der Waals surface area contributed by atoms with E-state index in [1.54, 1.807) is 28.4 Å². The molecule has 532 valence electrons. The Kier molecular flexibility index (Phi) is 29.4. The van der Waals surface area contributed by atoms with Crippen LogP contribution in [-0.2, 0) is 41.3 Å². The Labute approximate surface area is 599 Å². The van der Waals surface area contributed by atoms with Crippen LogP contribution in [0.2, 0.25) is 0 Å². The second-order valence-electron chi connectivity index (χ2n) is 23.9. The number of benzene rings is 6. The average Bonchev–Trinajstić information content (AvgIpc) is 0.805. The molecule has 0 radical (unpaired) electrons. The molecule has 0 bridgehead atoms. The smallest absolute Gasteiger partial charge is 0.161 e. The number of methoxy groups -OCH3 is 4. The highest BCUT2D eigenvalue weighted by Gasteiger charge is 2.16. The number of nitrogens with zero attached hydrogens (tertiary/aromatic N) is 4. The highest BCUT2D eigenvalue weighted by Crippen LogP contribution is 2.35. The van der Waals surface area contributed by atoms with Crippen molar-refractivity contribution >= 4 is 0 Å². The van der Waals surface area contributed by atoms with Gasteiger partial charge in [-0.3, -0.25) is 19.9 Å². The molecule has 18 heteroatoms. The SMILES string of the molecule is C=C(COc1ccccc1OCCOCCOCCOCCCc1cc(-c2ccc(OC)cc2)cc(-c2cc(-c3ccc(OC)cc3)cc(C)n2)n1)COc1ccccc1OCCOCCOCCOCCCc1cc(-c2ccc(OC)cc2)cc(-c2cc(-c3ccc(OC)cc3)cc(C)n2)n1. The van der Waals surface area contributed by atoms with Crippen LogP contribution in [0.3, 0.4) is 0 Å². The van der Waals surface area contributed by atoms with E-state index in [4.69, 9.17) is 86.3 Å². The molecule has 0 saturated carbocycles. The van der Waals surface area contributed by atoms with Crippen molar-refractivity contribution in [2.24, 2.45) is 0 Å². The summed E-state index contributed by atoms with van der Waals surface area (Å²) >= 11 is 0. The zero-order valence-electron chi connectivity index (χ0n) is 59.3. The Morgan fingerprint density at radius 1 is 0.284 bits per heavy atom. The molecule has 6 aromatic carbocycles. The quantitative estimate of drug-likeness (QED) is 0.0259. The van der Waals surface area contributed by atoms with Crippen LogP contribution in [0.5, 0.6) is 46.0 Å². The minimum Gasteiger partial charge on any atom is -0.497 e. The van der Waals surface area contributed by atoms with Gasteiger partial charge in [0.25, 0.3) is 0 Å². The maximum Gasteiger partial charge on any atom is 0.161 e. The van der Waals surface area contributed by atoms with Gasteiger partial charge in [-0.05, 0) is 211 Å². The molecule has 4 heterocycles. The van der Waals surface area contributed by atoms with Gasteiger partial charge in [0, 0.05) is 36.0 Å². The van der Waals surface area contributed by atoms with E-state index >= 15 is 0 Å². The summed E-state index contributed by atoms with van der Waals surface area (Å²) < 4.78 is 81.1. The van der Waals surface area contributed by atoms with Crippen LogP contribution in [0.1, 0.15) is 35.6 Å². The van der Waals surface area contributed by atoms with Gasteiger partial charge >= 0.3 is 0 Å². The topological polar surface area (TPSA) is 181 Å². The molecule has 0 fully saturated rings. The lowest BCUT2D eigenvalue weighted by Gasteiger charge is -2.15. The molecule has 10 aromatic rings. The summed E-state index contributed by atoms with van der Waals surface area (Å²) in [6, 6.07) is 64.1. The number of hydrogen-bond donors (Lipinski definition) is 0. The summed E-state index contributed by atoms with van der Waals surface area (Å²) in [4.78, 5) is 20.1. The summed E-state index contributed by atoms with van der Waals surface area (Å²) in [7, 11) is 6.68. The molecule has 0 atom stereocenters. The lowest BCUT2D eigenvalue weighted by molar-refractivity contribution is 0.00886. The second-order valence-corrected chi connectivity index (χ2v) is 23.9. The minimum absolute atomic E-state index is 0.225. The van der Waals surface area contributed by atoms with E-state index in [1.165, 1.54) is 0 Å². The summed E-state index contributed by atoms with van der Waals surface area (Å²) in [5, 5.41) is 0. The monoisotopic (exact) mass is 1380 g/mol. The van der Waals surface area contributed by atoms with E-state index in [0.717, 1.165) is 144 Å². The summed E-state index contributed by atoms with van der Waals surface area (Å²) in [6.45, 7) is 14.8. The number of aromatic nitrogens is 4. The van der Waals surface area contributed by atoms with Crippen molar-refractivity contribution in [3.63, 3.8) is 0 Å². The highest BCUT2D eigenvalue weighted by molar-refractivity contribution is 5.76. The van der Waals surface area contributed by atoms with Crippen LogP contribution in [0.25, 0.3) is 67.3 Å². The zero-order valence-corrected chi connectivity index (χ0v) is 59.3. The molecule has 0 aliphatic rings. The standard InChI is InChI=1S/C84H92N4O14/c1-60(58-101-83-18-10-8-16-81(83)99-48-46-97-44-42-95-40-38-93-36-12-14-71-52-69(65-24-32-75(91-6)33-25-65)56-79(87-71)77-54-67(50-61(2)85-77)63-20-28-73(89-4)29-21-63)59-102-84-19-11-9-17-82(84)100-49-47-98-45-43-96-41-39-94-37-13-15-72-53-70(66-26-34-76(92-7)35-27-66)57-80(88-72)78-55-68(51-62(3)86-78)64-22-30-74(90-5)31-23-64/h8-11,16-35,50-57H,1,12-15,36-49,58-59H2,2-7H3. The Morgan fingerprint density at radius 3 is 0.853 bits per heavy atom. The molecular formula is C84H92N4O14. The maximum absolute atomic E-state index is 6.13. The Bertz CT molecular complexity index is 3930. The summed E-state index contributed by atoms with van der Waals surface area (Å²) in [6.07, 6.45) is 3.04. The van der Waals surface area contributed by atoms with Crippen LogP contribution < -0.4 is 37.9 Å². The van der Waals surface area contributed by atoms with Crippen LogP contribution >= 0.6 is 0 Å². The average molecular weight is 1380 g/mol. The highest BCUT2D eigenvalue weighted by atomic mass is 16.6. The van der Waals surface area contributed by atoms with Gasteiger partial charge in [-0.1, -0.05) is 79.4 Å². The van der Waals surface area contributed by atoms with Crippen LogP contribution in [0.15, 0.2) is 206 Å². The van der Waals surface area contributed by atoms with Gasteiger partial charge in [0.15, 0.2) is 23.0 Å².